The van der Waals surface area contributed by atoms with Crippen molar-refractivity contribution in [3.63, 3.8) is 0 Å². The third-order valence-corrected chi connectivity index (χ3v) is 14.6. The number of hydrogen-bond acceptors (Lipinski definition) is 3. The third kappa shape index (κ3) is 7.79. The molecule has 74 heavy (non-hydrogen) atoms. The van der Waals surface area contributed by atoms with E-state index < -0.39 is 5.41 Å². The Morgan fingerprint density at radius 2 is 0.608 bits per heavy atom. The molecular weight excluding hydrogens is 895 g/mol. The summed E-state index contributed by atoms with van der Waals surface area (Å²) in [7, 11) is 0. The number of nitrogens with zero attached hydrogens (tertiary/aromatic N) is 3. The molecule has 0 amide bonds. The minimum Gasteiger partial charge on any atom is -0.310 e. The van der Waals surface area contributed by atoms with Gasteiger partial charge in [0.2, 0.25) is 0 Å². The lowest BCUT2D eigenvalue weighted by molar-refractivity contribution is 0.768. The molecule has 0 bridgehead atoms. The molecule has 0 heterocycles. The maximum atomic E-state index is 2.49. The Bertz CT molecular complexity index is 3660. The van der Waals surface area contributed by atoms with Crippen LogP contribution in [0.4, 0.5) is 51.2 Å². The van der Waals surface area contributed by atoms with Crippen molar-refractivity contribution >= 4 is 62.0 Å². The highest BCUT2D eigenvalue weighted by atomic mass is 15.2. The first-order valence-corrected chi connectivity index (χ1v) is 25.4. The molecule has 13 rings (SSSR count). The second-order valence-corrected chi connectivity index (χ2v) is 18.9. The molecule has 3 heteroatoms. The fourth-order valence-corrected chi connectivity index (χ4v) is 11.5. The van der Waals surface area contributed by atoms with E-state index in [4.69, 9.17) is 0 Å². The zero-order valence-corrected chi connectivity index (χ0v) is 40.8. The predicted octanol–water partition coefficient (Wildman–Crippen LogP) is 19.3. The van der Waals surface area contributed by atoms with Crippen molar-refractivity contribution in [3.8, 4) is 22.3 Å². The smallest absolute Gasteiger partial charge is 0.0714 e. The van der Waals surface area contributed by atoms with Crippen LogP contribution >= 0.6 is 0 Å². The summed E-state index contributed by atoms with van der Waals surface area (Å²) in [4.78, 5) is 7.23. The van der Waals surface area contributed by atoms with Crippen LogP contribution in [0.15, 0.2) is 309 Å². The van der Waals surface area contributed by atoms with Gasteiger partial charge in [-0.25, -0.2) is 0 Å². The Hall–Kier alpha value is -9.70. The molecule has 350 valence electrons. The highest BCUT2D eigenvalue weighted by Crippen LogP contribution is 2.59. The predicted molar refractivity (Wildman–Crippen MR) is 311 cm³/mol. The first kappa shape index (κ1) is 44.3. The molecule has 12 aromatic rings. The van der Waals surface area contributed by atoms with Crippen LogP contribution in [0.3, 0.4) is 0 Å². The molecule has 0 saturated carbocycles. The van der Waals surface area contributed by atoms with E-state index in [9.17, 15) is 0 Å². The van der Waals surface area contributed by atoms with Gasteiger partial charge < -0.3 is 14.7 Å². The maximum Gasteiger partial charge on any atom is 0.0714 e. The van der Waals surface area contributed by atoms with Gasteiger partial charge >= 0.3 is 0 Å². The minimum atomic E-state index is -0.648. The minimum absolute atomic E-state index is 0.648. The van der Waals surface area contributed by atoms with E-state index in [1.165, 1.54) is 55.3 Å². The van der Waals surface area contributed by atoms with E-state index in [0.29, 0.717) is 0 Å². The lowest BCUT2D eigenvalue weighted by Gasteiger charge is -2.35. The fourth-order valence-electron chi connectivity index (χ4n) is 11.5. The standard InChI is InChI=1S/C71H51N3/c1-8-26-53(27-9-1)66-41-24-42-68-70(66)67-46-45-62(51-69(67)71(68,55-29-10-2-11-30-55)56-31-12-3-13-32-56)74(61-44-43-52-25-22-23-28-54(52)47-61)65-49-63(72(57-33-14-4-15-34-57)58-35-16-5-17-36-58)48-64(50-65)73(59-37-18-6-19-38-59)60-39-20-7-21-40-60/h1-51H. The van der Waals surface area contributed by atoms with Gasteiger partial charge in [0, 0.05) is 34.1 Å². The number of hydrogen-bond donors (Lipinski definition) is 0. The van der Waals surface area contributed by atoms with Gasteiger partial charge in [-0.1, -0.05) is 218 Å². The van der Waals surface area contributed by atoms with Crippen molar-refractivity contribution in [2.75, 3.05) is 14.7 Å². The average molecular weight is 946 g/mol. The summed E-state index contributed by atoms with van der Waals surface area (Å²) in [6.07, 6.45) is 0. The Morgan fingerprint density at radius 1 is 0.216 bits per heavy atom. The summed E-state index contributed by atoms with van der Waals surface area (Å²) in [5.74, 6) is 0. The van der Waals surface area contributed by atoms with Crippen LogP contribution in [-0.4, -0.2) is 0 Å². The Morgan fingerprint density at radius 3 is 1.09 bits per heavy atom. The topological polar surface area (TPSA) is 9.72 Å². The molecule has 0 fully saturated rings. The first-order valence-electron chi connectivity index (χ1n) is 25.4. The third-order valence-electron chi connectivity index (χ3n) is 14.6. The second-order valence-electron chi connectivity index (χ2n) is 18.9. The fraction of sp³-hybridized carbons (Fsp3) is 0.0141. The normalized spacial score (nSPS) is 12.2. The molecular formula is C71H51N3. The molecule has 0 unspecified atom stereocenters. The van der Waals surface area contributed by atoms with E-state index in [0.717, 1.165) is 51.2 Å². The summed E-state index contributed by atoms with van der Waals surface area (Å²) in [6.45, 7) is 0. The average Bonchev–Trinajstić information content (AvgIpc) is 3.79. The van der Waals surface area contributed by atoms with Crippen LogP contribution in [0.5, 0.6) is 0 Å². The monoisotopic (exact) mass is 945 g/mol. The number of rotatable bonds is 12. The van der Waals surface area contributed by atoms with Gasteiger partial charge in [0.05, 0.1) is 22.5 Å². The van der Waals surface area contributed by atoms with Crippen molar-refractivity contribution in [1.82, 2.24) is 0 Å². The van der Waals surface area contributed by atoms with Crippen molar-refractivity contribution in [3.05, 3.63) is 332 Å². The van der Waals surface area contributed by atoms with E-state index in [1.807, 2.05) is 0 Å². The van der Waals surface area contributed by atoms with Gasteiger partial charge in [-0.05, 0) is 146 Å². The van der Waals surface area contributed by atoms with Crippen molar-refractivity contribution < 1.29 is 0 Å². The summed E-state index contributed by atoms with van der Waals surface area (Å²) in [6, 6.07) is 113. The number of fused-ring (bicyclic) bond motifs is 4. The van der Waals surface area contributed by atoms with E-state index >= 15 is 0 Å². The van der Waals surface area contributed by atoms with Gasteiger partial charge in [-0.15, -0.1) is 0 Å². The lowest BCUT2D eigenvalue weighted by atomic mass is 9.67. The molecule has 0 atom stereocenters. The molecule has 1 aliphatic carbocycles. The van der Waals surface area contributed by atoms with Crippen molar-refractivity contribution in [2.24, 2.45) is 0 Å². The summed E-state index contributed by atoms with van der Waals surface area (Å²) < 4.78 is 0. The molecule has 0 aliphatic heterocycles. The van der Waals surface area contributed by atoms with Crippen molar-refractivity contribution in [2.45, 2.75) is 5.41 Å². The molecule has 3 nitrogen and oxygen atoms in total. The quantitative estimate of drug-likeness (QED) is 0.121. The van der Waals surface area contributed by atoms with Gasteiger partial charge in [-0.2, -0.15) is 0 Å². The molecule has 1 aliphatic rings. The van der Waals surface area contributed by atoms with Crippen LogP contribution < -0.4 is 14.7 Å². The number of benzene rings is 12. The zero-order chi connectivity index (χ0) is 49.3. The van der Waals surface area contributed by atoms with Crippen LogP contribution in [0.2, 0.25) is 0 Å². The maximum absolute atomic E-state index is 2.49. The summed E-state index contributed by atoms with van der Waals surface area (Å²) >= 11 is 0. The molecule has 0 N–H and O–H groups in total. The van der Waals surface area contributed by atoms with Gasteiger partial charge in [-0.3, -0.25) is 0 Å². The van der Waals surface area contributed by atoms with E-state index in [-0.39, 0.29) is 0 Å². The van der Waals surface area contributed by atoms with Crippen LogP contribution in [0.1, 0.15) is 22.3 Å². The molecule has 0 saturated heterocycles. The summed E-state index contributed by atoms with van der Waals surface area (Å²) in [5.41, 5.74) is 18.6. The molecule has 0 aromatic heterocycles. The van der Waals surface area contributed by atoms with Crippen LogP contribution in [-0.2, 0) is 5.41 Å². The highest BCUT2D eigenvalue weighted by molar-refractivity contribution is 5.98. The SMILES string of the molecule is c1ccc(-c2cccc3c2-c2ccc(N(c4cc(N(c5ccccc5)c5ccccc5)cc(N(c5ccccc5)c5ccccc5)c4)c4ccc5ccccc5c4)cc2C3(c2ccccc2)c2ccccc2)cc1. The van der Waals surface area contributed by atoms with Gasteiger partial charge in [0.1, 0.15) is 0 Å². The van der Waals surface area contributed by atoms with Gasteiger partial charge in [0.25, 0.3) is 0 Å². The Labute approximate surface area is 433 Å². The van der Waals surface area contributed by atoms with Crippen molar-refractivity contribution in [1.29, 1.82) is 0 Å². The van der Waals surface area contributed by atoms with E-state index in [2.05, 4.69) is 324 Å². The first-order chi connectivity index (χ1) is 36.7. The van der Waals surface area contributed by atoms with Crippen LogP contribution in [0, 0.1) is 0 Å². The number of anilines is 9. The Balaban J connectivity index is 1.13. The van der Waals surface area contributed by atoms with Crippen LogP contribution in [0.25, 0.3) is 33.0 Å². The highest BCUT2D eigenvalue weighted by Gasteiger charge is 2.47. The molecule has 0 radical (unpaired) electrons. The number of para-hydroxylation sites is 4. The Kier molecular flexibility index (Phi) is 11.4. The molecule has 0 spiro atoms. The molecule has 12 aromatic carbocycles. The van der Waals surface area contributed by atoms with E-state index in [1.54, 1.807) is 0 Å². The largest absolute Gasteiger partial charge is 0.310 e. The zero-order valence-electron chi connectivity index (χ0n) is 40.8. The lowest BCUT2D eigenvalue weighted by Crippen LogP contribution is -2.28. The van der Waals surface area contributed by atoms with Gasteiger partial charge in [0.15, 0.2) is 0 Å². The summed E-state index contributed by atoms with van der Waals surface area (Å²) in [5, 5.41) is 2.36. The second kappa shape index (κ2) is 19.1.